The second kappa shape index (κ2) is 6.92. The Kier molecular flexibility index (Phi) is 5.54. The number of carbonyl (C=O) groups excluding carboxylic acids is 1. The number of hydrogen-bond donors (Lipinski definition) is 1. The van der Waals surface area contributed by atoms with Crippen molar-refractivity contribution in [1.29, 1.82) is 0 Å². The van der Waals surface area contributed by atoms with E-state index in [2.05, 4.69) is 4.74 Å². The molecule has 19 heavy (non-hydrogen) atoms. The molecule has 1 aromatic rings. The zero-order chi connectivity index (χ0) is 14.4. The maximum Gasteiger partial charge on any atom is 0.387 e. The van der Waals surface area contributed by atoms with Gasteiger partial charge in [-0.15, -0.1) is 0 Å². The first-order valence-corrected chi connectivity index (χ1v) is 6.00. The summed E-state index contributed by atoms with van der Waals surface area (Å²) < 4.78 is 33.6. The van der Waals surface area contributed by atoms with Gasteiger partial charge in [0.1, 0.15) is 5.75 Å². The molecule has 1 rings (SSSR count). The Bertz CT molecular complexity index is 438. The average Bonchev–Trinajstić information content (AvgIpc) is 2.33. The van der Waals surface area contributed by atoms with E-state index in [4.69, 9.17) is 10.5 Å². The van der Waals surface area contributed by atoms with Gasteiger partial charge in [0.05, 0.1) is 12.5 Å². The molecule has 6 heteroatoms. The summed E-state index contributed by atoms with van der Waals surface area (Å²) in [6, 6.07) is 4.13. The second-order valence-corrected chi connectivity index (χ2v) is 3.88. The van der Waals surface area contributed by atoms with Crippen LogP contribution >= 0.6 is 0 Å². The third-order valence-electron chi connectivity index (χ3n) is 2.64. The molecule has 1 unspecified atom stereocenters. The molecule has 0 amide bonds. The molecule has 106 valence electrons. The number of ether oxygens (including phenoxy) is 2. The van der Waals surface area contributed by atoms with Gasteiger partial charge in [-0.2, -0.15) is 8.78 Å². The van der Waals surface area contributed by atoms with Crippen molar-refractivity contribution in [2.75, 3.05) is 12.3 Å². The predicted molar refractivity (Wildman–Crippen MR) is 67.2 cm³/mol. The van der Waals surface area contributed by atoms with E-state index in [0.29, 0.717) is 17.7 Å². The van der Waals surface area contributed by atoms with Gasteiger partial charge in [-0.25, -0.2) is 0 Å². The number of halogens is 2. The first-order chi connectivity index (χ1) is 8.99. The van der Waals surface area contributed by atoms with Crippen LogP contribution in [0.4, 0.5) is 14.5 Å². The fourth-order valence-corrected chi connectivity index (χ4v) is 1.79. The lowest BCUT2D eigenvalue weighted by molar-refractivity contribution is -0.145. The highest BCUT2D eigenvalue weighted by molar-refractivity contribution is 5.80. The van der Waals surface area contributed by atoms with Crippen LogP contribution in [-0.2, 0) is 9.53 Å². The minimum Gasteiger partial charge on any atom is -0.466 e. The maximum atomic E-state index is 12.2. The van der Waals surface area contributed by atoms with Gasteiger partial charge in [-0.05, 0) is 37.1 Å². The van der Waals surface area contributed by atoms with Crippen LogP contribution in [0.1, 0.15) is 31.7 Å². The van der Waals surface area contributed by atoms with Crippen LogP contribution in [0.5, 0.6) is 5.75 Å². The van der Waals surface area contributed by atoms with Crippen molar-refractivity contribution in [3.8, 4) is 5.75 Å². The van der Waals surface area contributed by atoms with Crippen LogP contribution in [0.25, 0.3) is 0 Å². The van der Waals surface area contributed by atoms with Gasteiger partial charge in [0, 0.05) is 5.69 Å². The molecule has 1 atom stereocenters. The molecule has 0 saturated carbocycles. The molecule has 0 bridgehead atoms. The smallest absolute Gasteiger partial charge is 0.387 e. The number of benzene rings is 1. The summed E-state index contributed by atoms with van der Waals surface area (Å²) in [6.07, 6.45) is 0.459. The van der Waals surface area contributed by atoms with Crippen molar-refractivity contribution >= 4 is 11.7 Å². The number of carbonyl (C=O) groups is 1. The molecular weight excluding hydrogens is 256 g/mol. The Balaban J connectivity index is 3.04. The van der Waals surface area contributed by atoms with E-state index in [1.54, 1.807) is 13.8 Å². The standard InChI is InChI=1S/C13H17F2NO3/c1-3-9(12(17)18-4-2)10-7-8(19-13(14)15)5-6-11(10)16/h5-7,9,13H,3-4,16H2,1-2H3. The van der Waals surface area contributed by atoms with Gasteiger partial charge in [0.15, 0.2) is 0 Å². The molecule has 0 spiro atoms. The molecule has 0 aromatic heterocycles. The molecule has 1 aromatic carbocycles. The van der Waals surface area contributed by atoms with Crippen LogP contribution in [-0.4, -0.2) is 19.2 Å². The first kappa shape index (κ1) is 15.2. The van der Waals surface area contributed by atoms with Crippen molar-refractivity contribution in [3.63, 3.8) is 0 Å². The molecule has 2 N–H and O–H groups in total. The second-order valence-electron chi connectivity index (χ2n) is 3.88. The highest BCUT2D eigenvalue weighted by Crippen LogP contribution is 2.30. The summed E-state index contributed by atoms with van der Waals surface area (Å²) in [7, 11) is 0. The highest BCUT2D eigenvalue weighted by atomic mass is 19.3. The highest BCUT2D eigenvalue weighted by Gasteiger charge is 2.23. The quantitative estimate of drug-likeness (QED) is 0.639. The molecule has 0 radical (unpaired) electrons. The summed E-state index contributed by atoms with van der Waals surface area (Å²) in [5.41, 5.74) is 6.57. The SMILES string of the molecule is CCOC(=O)C(CC)c1cc(OC(F)F)ccc1N. The minimum absolute atomic E-state index is 0.0260. The van der Waals surface area contributed by atoms with Crippen molar-refractivity contribution < 1.29 is 23.0 Å². The van der Waals surface area contributed by atoms with Gasteiger partial charge >= 0.3 is 12.6 Å². The lowest BCUT2D eigenvalue weighted by Gasteiger charge is -2.17. The zero-order valence-electron chi connectivity index (χ0n) is 10.9. The number of rotatable bonds is 6. The van der Waals surface area contributed by atoms with E-state index in [1.807, 2.05) is 0 Å². The molecule has 4 nitrogen and oxygen atoms in total. The van der Waals surface area contributed by atoms with Crippen LogP contribution in [0.2, 0.25) is 0 Å². The lowest BCUT2D eigenvalue weighted by atomic mass is 9.95. The molecule has 0 heterocycles. The Labute approximate surface area is 110 Å². The summed E-state index contributed by atoms with van der Waals surface area (Å²) in [6.45, 7) is 0.827. The normalized spacial score (nSPS) is 12.3. The summed E-state index contributed by atoms with van der Waals surface area (Å²) in [5.74, 6) is -1.03. The Hall–Kier alpha value is -1.85. The molecule has 0 fully saturated rings. The molecule has 0 aliphatic carbocycles. The fraction of sp³-hybridized carbons (Fsp3) is 0.462. The van der Waals surface area contributed by atoms with E-state index in [9.17, 15) is 13.6 Å². The van der Waals surface area contributed by atoms with Crippen LogP contribution in [0.3, 0.4) is 0 Å². The van der Waals surface area contributed by atoms with Gasteiger partial charge < -0.3 is 15.2 Å². The Morgan fingerprint density at radius 3 is 2.58 bits per heavy atom. The van der Waals surface area contributed by atoms with Gasteiger partial charge in [0.25, 0.3) is 0 Å². The molecular formula is C13H17F2NO3. The molecule has 0 aliphatic heterocycles. The predicted octanol–water partition coefficient (Wildman–Crippen LogP) is 2.93. The van der Waals surface area contributed by atoms with Crippen LogP contribution < -0.4 is 10.5 Å². The van der Waals surface area contributed by atoms with Crippen molar-refractivity contribution in [3.05, 3.63) is 23.8 Å². The van der Waals surface area contributed by atoms with E-state index in [1.165, 1.54) is 18.2 Å². The third-order valence-corrected chi connectivity index (χ3v) is 2.64. The molecule has 0 aliphatic rings. The van der Waals surface area contributed by atoms with Gasteiger partial charge in [0.2, 0.25) is 0 Å². The lowest BCUT2D eigenvalue weighted by Crippen LogP contribution is -2.17. The monoisotopic (exact) mass is 273 g/mol. The van der Waals surface area contributed by atoms with Gasteiger partial charge in [-0.1, -0.05) is 6.92 Å². The largest absolute Gasteiger partial charge is 0.466 e. The van der Waals surface area contributed by atoms with Gasteiger partial charge in [-0.3, -0.25) is 4.79 Å². The number of hydrogen-bond acceptors (Lipinski definition) is 4. The number of anilines is 1. The summed E-state index contributed by atoms with van der Waals surface area (Å²) in [5, 5.41) is 0. The van der Waals surface area contributed by atoms with E-state index >= 15 is 0 Å². The Morgan fingerprint density at radius 1 is 1.37 bits per heavy atom. The van der Waals surface area contributed by atoms with Crippen LogP contribution in [0, 0.1) is 0 Å². The number of esters is 1. The van der Waals surface area contributed by atoms with Crippen molar-refractivity contribution in [2.45, 2.75) is 32.8 Å². The molecule has 0 saturated heterocycles. The average molecular weight is 273 g/mol. The van der Waals surface area contributed by atoms with E-state index in [0.717, 1.165) is 0 Å². The first-order valence-electron chi connectivity index (χ1n) is 6.00. The zero-order valence-corrected chi connectivity index (χ0v) is 10.9. The third kappa shape index (κ3) is 4.08. The topological polar surface area (TPSA) is 61.5 Å². The minimum atomic E-state index is -2.92. The number of nitrogen functional groups attached to an aromatic ring is 1. The van der Waals surface area contributed by atoms with Crippen molar-refractivity contribution in [2.24, 2.45) is 0 Å². The van der Waals surface area contributed by atoms with E-state index in [-0.39, 0.29) is 12.4 Å². The van der Waals surface area contributed by atoms with E-state index < -0.39 is 18.5 Å². The van der Waals surface area contributed by atoms with Crippen molar-refractivity contribution in [1.82, 2.24) is 0 Å². The number of alkyl halides is 2. The fourth-order valence-electron chi connectivity index (χ4n) is 1.79. The van der Waals surface area contributed by atoms with Crippen LogP contribution in [0.15, 0.2) is 18.2 Å². The summed E-state index contributed by atoms with van der Waals surface area (Å²) >= 11 is 0. The number of nitrogens with two attached hydrogens (primary N) is 1. The maximum absolute atomic E-state index is 12.2. The summed E-state index contributed by atoms with van der Waals surface area (Å²) in [4.78, 5) is 11.8. The Morgan fingerprint density at radius 2 is 2.05 bits per heavy atom.